The van der Waals surface area contributed by atoms with E-state index in [4.69, 9.17) is 4.74 Å². The van der Waals surface area contributed by atoms with Crippen LogP contribution in [0.2, 0.25) is 0 Å². The Labute approximate surface area is 178 Å². The Morgan fingerprint density at radius 1 is 1.13 bits per heavy atom. The Kier molecular flexibility index (Phi) is 5.52. The van der Waals surface area contributed by atoms with Gasteiger partial charge in [-0.3, -0.25) is 4.79 Å². The highest BCUT2D eigenvalue weighted by molar-refractivity contribution is 7.16. The third-order valence-electron chi connectivity index (χ3n) is 5.31. The number of amides is 1. The third-order valence-corrected chi connectivity index (χ3v) is 6.52. The van der Waals surface area contributed by atoms with Crippen molar-refractivity contribution in [2.24, 2.45) is 0 Å². The normalized spacial score (nSPS) is 13.2. The first-order valence-corrected chi connectivity index (χ1v) is 10.5. The number of anilines is 1. The summed E-state index contributed by atoms with van der Waals surface area (Å²) in [6.07, 6.45) is 5.53. The molecular weight excluding hydrogens is 394 g/mol. The molecule has 1 aromatic heterocycles. The van der Waals surface area contributed by atoms with Crippen LogP contribution in [-0.4, -0.2) is 13.0 Å². The maximum atomic E-state index is 12.9. The van der Waals surface area contributed by atoms with Crippen LogP contribution in [0.4, 0.5) is 5.00 Å². The van der Waals surface area contributed by atoms with Gasteiger partial charge in [0.15, 0.2) is 0 Å². The molecule has 148 valence electrons. The molecule has 0 radical (unpaired) electrons. The number of rotatable bonds is 4. The fourth-order valence-corrected chi connectivity index (χ4v) is 5.08. The number of carbonyl (C=O) groups excluding carboxylic acids is 1. The average Bonchev–Trinajstić information content (AvgIpc) is 3.14. The van der Waals surface area contributed by atoms with E-state index in [0.717, 1.165) is 58.2 Å². The van der Waals surface area contributed by atoms with Crippen LogP contribution < -0.4 is 10.1 Å². The lowest BCUT2D eigenvalue weighted by atomic mass is 9.96. The number of methoxy groups -OCH3 is 1. The van der Waals surface area contributed by atoms with Crippen molar-refractivity contribution in [1.82, 2.24) is 0 Å². The highest BCUT2D eigenvalue weighted by Crippen LogP contribution is 2.38. The molecule has 0 bridgehead atoms. The molecule has 0 saturated carbocycles. The molecule has 4 rings (SSSR count). The van der Waals surface area contributed by atoms with Crippen LogP contribution in [0.5, 0.6) is 5.75 Å². The number of carbonyl (C=O) groups is 1. The maximum Gasteiger partial charge on any atom is 0.266 e. The van der Waals surface area contributed by atoms with Crippen molar-refractivity contribution in [3.05, 3.63) is 63.5 Å². The standard InChI is InChI=1S/C24H19N3O2S/c1-29-21-11-10-15(17-6-2-3-7-18(17)21)12-16(13-25)23(28)27-24-20(14-26)19-8-4-5-9-22(19)30-24/h2-3,6-7,10-12H,4-5,8-9H2,1H3,(H,27,28). The monoisotopic (exact) mass is 413 g/mol. The lowest BCUT2D eigenvalue weighted by Gasteiger charge is -2.09. The van der Waals surface area contributed by atoms with Crippen LogP contribution in [0.25, 0.3) is 16.8 Å². The molecule has 30 heavy (non-hydrogen) atoms. The van der Waals surface area contributed by atoms with Crippen LogP contribution in [0, 0.1) is 22.7 Å². The number of nitriles is 2. The molecule has 2 aromatic carbocycles. The first-order chi connectivity index (χ1) is 14.7. The predicted molar refractivity (Wildman–Crippen MR) is 118 cm³/mol. The van der Waals surface area contributed by atoms with Crippen LogP contribution in [0.15, 0.2) is 42.0 Å². The van der Waals surface area contributed by atoms with Crippen LogP contribution in [0.3, 0.4) is 0 Å². The summed E-state index contributed by atoms with van der Waals surface area (Å²) < 4.78 is 5.41. The summed E-state index contributed by atoms with van der Waals surface area (Å²) in [5.41, 5.74) is 2.33. The fraction of sp³-hybridized carbons (Fsp3) is 0.208. The van der Waals surface area contributed by atoms with Gasteiger partial charge >= 0.3 is 0 Å². The lowest BCUT2D eigenvalue weighted by molar-refractivity contribution is -0.112. The van der Waals surface area contributed by atoms with Crippen molar-refractivity contribution in [2.45, 2.75) is 25.7 Å². The summed E-state index contributed by atoms with van der Waals surface area (Å²) in [6.45, 7) is 0. The van der Waals surface area contributed by atoms with E-state index >= 15 is 0 Å². The number of thiophene rings is 1. The zero-order valence-electron chi connectivity index (χ0n) is 16.5. The van der Waals surface area contributed by atoms with Gasteiger partial charge in [-0.1, -0.05) is 30.3 Å². The number of nitrogens with zero attached hydrogens (tertiary/aromatic N) is 2. The Morgan fingerprint density at radius 2 is 1.90 bits per heavy atom. The van der Waals surface area contributed by atoms with E-state index in [9.17, 15) is 15.3 Å². The van der Waals surface area contributed by atoms with E-state index in [0.29, 0.717) is 10.6 Å². The first kappa shape index (κ1) is 19.7. The number of aryl methyl sites for hydroxylation is 1. The van der Waals surface area contributed by atoms with Crippen molar-refractivity contribution >= 4 is 39.1 Å². The number of benzene rings is 2. The number of hydrogen-bond acceptors (Lipinski definition) is 5. The molecule has 1 aliphatic carbocycles. The van der Waals surface area contributed by atoms with Crippen molar-refractivity contribution in [1.29, 1.82) is 10.5 Å². The zero-order valence-corrected chi connectivity index (χ0v) is 17.3. The molecular formula is C24H19N3O2S. The Hall–Kier alpha value is -3.61. The molecule has 0 spiro atoms. The van der Waals surface area contributed by atoms with Crippen LogP contribution in [0.1, 0.15) is 34.4 Å². The summed E-state index contributed by atoms with van der Waals surface area (Å²) in [6, 6.07) is 15.6. The van der Waals surface area contributed by atoms with Gasteiger partial charge in [-0.25, -0.2) is 0 Å². The first-order valence-electron chi connectivity index (χ1n) is 9.69. The van der Waals surface area contributed by atoms with Gasteiger partial charge in [-0.2, -0.15) is 10.5 Å². The Morgan fingerprint density at radius 3 is 2.63 bits per heavy atom. The second-order valence-electron chi connectivity index (χ2n) is 7.05. The molecule has 0 unspecified atom stereocenters. The smallest absolute Gasteiger partial charge is 0.266 e. The van der Waals surface area contributed by atoms with E-state index < -0.39 is 5.91 Å². The molecule has 1 amide bonds. The topological polar surface area (TPSA) is 85.9 Å². The maximum absolute atomic E-state index is 12.9. The second-order valence-corrected chi connectivity index (χ2v) is 8.16. The van der Waals surface area contributed by atoms with Crippen molar-refractivity contribution < 1.29 is 9.53 Å². The molecule has 0 aliphatic heterocycles. The molecule has 0 atom stereocenters. The number of nitrogens with one attached hydrogen (secondary N) is 1. The molecule has 6 heteroatoms. The van der Waals surface area contributed by atoms with Gasteiger partial charge in [0.25, 0.3) is 5.91 Å². The number of ether oxygens (including phenoxy) is 1. The number of fused-ring (bicyclic) bond motifs is 2. The van der Waals surface area contributed by atoms with E-state index in [1.807, 2.05) is 42.5 Å². The molecule has 1 N–H and O–H groups in total. The minimum Gasteiger partial charge on any atom is -0.496 e. The quantitative estimate of drug-likeness (QED) is 0.470. The molecule has 0 fully saturated rings. The van der Waals surface area contributed by atoms with Gasteiger partial charge in [0.2, 0.25) is 0 Å². The van der Waals surface area contributed by atoms with Gasteiger partial charge in [0.05, 0.1) is 12.7 Å². The van der Waals surface area contributed by atoms with Gasteiger partial charge in [-0.05, 0) is 54.3 Å². The molecule has 3 aromatic rings. The summed E-state index contributed by atoms with van der Waals surface area (Å²) in [7, 11) is 1.61. The highest BCUT2D eigenvalue weighted by Gasteiger charge is 2.22. The summed E-state index contributed by atoms with van der Waals surface area (Å²) in [5, 5.41) is 24.4. The zero-order chi connectivity index (χ0) is 21.1. The third kappa shape index (κ3) is 3.54. The molecule has 1 aliphatic rings. The fourth-order valence-electron chi connectivity index (χ4n) is 3.85. The van der Waals surface area contributed by atoms with Gasteiger partial charge in [0, 0.05) is 10.3 Å². The minimum absolute atomic E-state index is 0.0134. The highest BCUT2D eigenvalue weighted by atomic mass is 32.1. The average molecular weight is 414 g/mol. The van der Waals surface area contributed by atoms with E-state index in [1.165, 1.54) is 11.3 Å². The number of hydrogen-bond donors (Lipinski definition) is 1. The SMILES string of the molecule is COc1ccc(C=C(C#N)C(=O)Nc2sc3c(c2C#N)CCCC3)c2ccccc12. The lowest BCUT2D eigenvalue weighted by Crippen LogP contribution is -2.13. The van der Waals surface area contributed by atoms with Gasteiger partial charge < -0.3 is 10.1 Å². The van der Waals surface area contributed by atoms with Crippen molar-refractivity contribution in [3.63, 3.8) is 0 Å². The Balaban J connectivity index is 1.69. The largest absolute Gasteiger partial charge is 0.496 e. The van der Waals surface area contributed by atoms with Crippen molar-refractivity contribution in [3.8, 4) is 17.9 Å². The van der Waals surface area contributed by atoms with E-state index in [2.05, 4.69) is 11.4 Å². The summed E-state index contributed by atoms with van der Waals surface area (Å²) in [4.78, 5) is 14.0. The molecule has 1 heterocycles. The van der Waals surface area contributed by atoms with Gasteiger partial charge in [-0.15, -0.1) is 11.3 Å². The predicted octanol–water partition coefficient (Wildman–Crippen LogP) is 5.21. The summed E-state index contributed by atoms with van der Waals surface area (Å²) >= 11 is 1.45. The molecule has 5 nitrogen and oxygen atoms in total. The van der Waals surface area contributed by atoms with Crippen molar-refractivity contribution in [2.75, 3.05) is 12.4 Å². The van der Waals surface area contributed by atoms with Crippen LogP contribution in [-0.2, 0) is 17.6 Å². The Bertz CT molecular complexity index is 1260. The van der Waals surface area contributed by atoms with Crippen LogP contribution >= 0.6 is 11.3 Å². The molecule has 0 saturated heterocycles. The van der Waals surface area contributed by atoms with E-state index in [1.54, 1.807) is 13.2 Å². The van der Waals surface area contributed by atoms with Gasteiger partial charge in [0.1, 0.15) is 28.5 Å². The second kappa shape index (κ2) is 8.41. The minimum atomic E-state index is -0.507. The van der Waals surface area contributed by atoms with E-state index in [-0.39, 0.29) is 5.57 Å². The summed E-state index contributed by atoms with van der Waals surface area (Å²) in [5.74, 6) is 0.223.